The number of pyridine rings is 1. The number of thioether (sulfide) groups is 1. The lowest BCUT2D eigenvalue weighted by Crippen LogP contribution is -2.14. The molecule has 2 aromatic rings. The lowest BCUT2D eigenvalue weighted by atomic mass is 10.1. The van der Waals surface area contributed by atoms with E-state index in [2.05, 4.69) is 15.6 Å². The van der Waals surface area contributed by atoms with E-state index in [9.17, 15) is 9.59 Å². The summed E-state index contributed by atoms with van der Waals surface area (Å²) in [7, 11) is 1.60. The first kappa shape index (κ1) is 18.2. The van der Waals surface area contributed by atoms with E-state index in [0.29, 0.717) is 42.5 Å². The van der Waals surface area contributed by atoms with Crippen LogP contribution in [0.25, 0.3) is 0 Å². The summed E-state index contributed by atoms with van der Waals surface area (Å²) >= 11 is 1.60. The van der Waals surface area contributed by atoms with Crippen LogP contribution in [0.15, 0.2) is 41.4 Å². The van der Waals surface area contributed by atoms with Gasteiger partial charge in [-0.3, -0.25) is 9.59 Å². The molecule has 0 bridgehead atoms. The van der Waals surface area contributed by atoms with Crippen molar-refractivity contribution in [2.24, 2.45) is 0 Å². The quantitative estimate of drug-likeness (QED) is 0.757. The summed E-state index contributed by atoms with van der Waals surface area (Å²) in [5.74, 6) is 0.882. The Morgan fingerprint density at radius 3 is 2.96 bits per heavy atom. The zero-order valence-electron chi connectivity index (χ0n) is 14.3. The average Bonchev–Trinajstić information content (AvgIpc) is 2.83. The van der Waals surface area contributed by atoms with E-state index in [0.717, 1.165) is 10.6 Å². The maximum absolute atomic E-state index is 12.5. The maximum Gasteiger partial charge on any atom is 0.255 e. The van der Waals surface area contributed by atoms with Crippen LogP contribution < -0.4 is 15.4 Å². The topological polar surface area (TPSA) is 89.5 Å². The van der Waals surface area contributed by atoms with Gasteiger partial charge in [-0.25, -0.2) is 4.98 Å². The van der Waals surface area contributed by atoms with Crippen LogP contribution >= 0.6 is 11.8 Å². The number of ether oxygens (including phenoxy) is 2. The molecule has 0 spiro atoms. The number of benzene rings is 1. The van der Waals surface area contributed by atoms with Crippen molar-refractivity contribution in [3.63, 3.8) is 0 Å². The highest BCUT2D eigenvalue weighted by molar-refractivity contribution is 7.99. The minimum absolute atomic E-state index is 0.0398. The van der Waals surface area contributed by atoms with Gasteiger partial charge < -0.3 is 20.1 Å². The molecule has 136 valence electrons. The fourth-order valence-corrected chi connectivity index (χ4v) is 3.27. The first-order chi connectivity index (χ1) is 12.7. The van der Waals surface area contributed by atoms with Crippen molar-refractivity contribution in [3.8, 4) is 5.88 Å². The van der Waals surface area contributed by atoms with Crippen molar-refractivity contribution in [2.75, 3.05) is 36.7 Å². The number of amides is 2. The number of carbonyl (C=O) groups excluding carboxylic acids is 2. The Balaban J connectivity index is 1.65. The number of fused-ring (bicyclic) bond motifs is 1. The zero-order chi connectivity index (χ0) is 18.4. The molecular formula is C18H19N3O4S. The number of nitrogens with zero attached hydrogens (tertiary/aromatic N) is 1. The minimum atomic E-state index is -0.272. The van der Waals surface area contributed by atoms with E-state index in [1.165, 1.54) is 6.20 Å². The third kappa shape index (κ3) is 4.74. The summed E-state index contributed by atoms with van der Waals surface area (Å²) in [5, 5.41) is 5.62. The smallest absolute Gasteiger partial charge is 0.255 e. The summed E-state index contributed by atoms with van der Waals surface area (Å²) in [4.78, 5) is 29.2. The van der Waals surface area contributed by atoms with Gasteiger partial charge in [-0.2, -0.15) is 0 Å². The van der Waals surface area contributed by atoms with Crippen LogP contribution in [0.1, 0.15) is 16.8 Å². The van der Waals surface area contributed by atoms with Gasteiger partial charge >= 0.3 is 0 Å². The van der Waals surface area contributed by atoms with Gasteiger partial charge in [-0.05, 0) is 24.3 Å². The van der Waals surface area contributed by atoms with Gasteiger partial charge in [0.15, 0.2) is 0 Å². The Hall–Kier alpha value is -2.58. The normalized spacial score (nSPS) is 13.3. The molecule has 0 unspecified atom stereocenters. The molecule has 0 fully saturated rings. The molecule has 1 aliphatic heterocycles. The highest BCUT2D eigenvalue weighted by Gasteiger charge is 2.16. The second kappa shape index (κ2) is 8.68. The highest BCUT2D eigenvalue weighted by atomic mass is 32.2. The van der Waals surface area contributed by atoms with E-state index in [4.69, 9.17) is 9.47 Å². The SMILES string of the molecule is COCCOc1ccc(NC(=O)c2ccc3c(c2)NC(=O)CCS3)cn1. The summed E-state index contributed by atoms with van der Waals surface area (Å²) in [6, 6.07) is 8.68. The summed E-state index contributed by atoms with van der Waals surface area (Å²) in [6.45, 7) is 0.890. The third-order valence-electron chi connectivity index (χ3n) is 3.63. The molecule has 1 aromatic carbocycles. The molecule has 0 atom stereocenters. The Morgan fingerprint density at radius 2 is 2.19 bits per heavy atom. The molecule has 0 saturated carbocycles. The lowest BCUT2D eigenvalue weighted by molar-refractivity contribution is -0.115. The third-order valence-corrected chi connectivity index (χ3v) is 4.71. The number of carbonyl (C=O) groups is 2. The molecule has 1 aromatic heterocycles. The fraction of sp³-hybridized carbons (Fsp3) is 0.278. The highest BCUT2D eigenvalue weighted by Crippen LogP contribution is 2.31. The molecule has 0 saturated heterocycles. The number of aromatic nitrogens is 1. The van der Waals surface area contributed by atoms with Gasteiger partial charge in [0.05, 0.1) is 24.2 Å². The Labute approximate surface area is 155 Å². The van der Waals surface area contributed by atoms with Gasteiger partial charge in [-0.15, -0.1) is 11.8 Å². The number of hydrogen-bond donors (Lipinski definition) is 2. The predicted octanol–water partition coefficient (Wildman–Crippen LogP) is 2.79. The molecule has 1 aliphatic rings. The van der Waals surface area contributed by atoms with E-state index < -0.39 is 0 Å². The van der Waals surface area contributed by atoms with Gasteiger partial charge in [0.1, 0.15) is 6.61 Å². The van der Waals surface area contributed by atoms with Gasteiger partial charge in [-0.1, -0.05) is 0 Å². The first-order valence-corrected chi connectivity index (χ1v) is 9.10. The van der Waals surface area contributed by atoms with Crippen LogP contribution in [0.4, 0.5) is 11.4 Å². The van der Waals surface area contributed by atoms with Crippen molar-refractivity contribution in [1.82, 2.24) is 4.98 Å². The Morgan fingerprint density at radius 1 is 1.31 bits per heavy atom. The van der Waals surface area contributed by atoms with E-state index >= 15 is 0 Å². The van der Waals surface area contributed by atoms with E-state index in [1.807, 2.05) is 6.07 Å². The monoisotopic (exact) mass is 373 g/mol. The van der Waals surface area contributed by atoms with Crippen LogP contribution in [0, 0.1) is 0 Å². The molecule has 26 heavy (non-hydrogen) atoms. The van der Waals surface area contributed by atoms with Gasteiger partial charge in [0.25, 0.3) is 5.91 Å². The first-order valence-electron chi connectivity index (χ1n) is 8.11. The van der Waals surface area contributed by atoms with Crippen molar-refractivity contribution in [3.05, 3.63) is 42.1 Å². The van der Waals surface area contributed by atoms with Crippen molar-refractivity contribution in [2.45, 2.75) is 11.3 Å². The van der Waals surface area contributed by atoms with Crippen LogP contribution in [-0.2, 0) is 9.53 Å². The molecular weight excluding hydrogens is 354 g/mol. The maximum atomic E-state index is 12.5. The van der Waals surface area contributed by atoms with Crippen molar-refractivity contribution < 1.29 is 19.1 Å². The second-order valence-corrected chi connectivity index (χ2v) is 6.67. The van der Waals surface area contributed by atoms with Crippen LogP contribution in [0.2, 0.25) is 0 Å². The molecule has 0 aliphatic carbocycles. The number of hydrogen-bond acceptors (Lipinski definition) is 6. The number of nitrogens with one attached hydrogen (secondary N) is 2. The molecule has 0 radical (unpaired) electrons. The summed E-state index contributed by atoms with van der Waals surface area (Å²) in [6.07, 6.45) is 1.99. The molecule has 7 nitrogen and oxygen atoms in total. The fourth-order valence-electron chi connectivity index (χ4n) is 2.33. The molecule has 2 amide bonds. The van der Waals surface area contributed by atoms with Crippen molar-refractivity contribution in [1.29, 1.82) is 0 Å². The van der Waals surface area contributed by atoms with Crippen LogP contribution in [-0.4, -0.2) is 42.9 Å². The Bertz CT molecular complexity index is 796. The number of rotatable bonds is 6. The second-order valence-electron chi connectivity index (χ2n) is 5.54. The standard InChI is InChI=1S/C18H19N3O4S/c1-24-7-8-25-17-5-3-13(11-19-17)20-18(23)12-2-4-15-14(10-12)21-16(22)6-9-26-15/h2-5,10-11H,6-9H2,1H3,(H,20,23)(H,21,22). The minimum Gasteiger partial charge on any atom is -0.475 e. The number of anilines is 2. The largest absolute Gasteiger partial charge is 0.475 e. The van der Waals surface area contributed by atoms with Crippen LogP contribution in [0.5, 0.6) is 5.88 Å². The molecule has 2 N–H and O–H groups in total. The molecule has 3 rings (SSSR count). The Kier molecular flexibility index (Phi) is 6.08. The summed E-state index contributed by atoms with van der Waals surface area (Å²) < 4.78 is 10.3. The van der Waals surface area contributed by atoms with Gasteiger partial charge in [0, 0.05) is 35.8 Å². The molecule has 8 heteroatoms. The van der Waals surface area contributed by atoms with Gasteiger partial charge in [0.2, 0.25) is 11.8 Å². The van der Waals surface area contributed by atoms with Crippen LogP contribution in [0.3, 0.4) is 0 Å². The van der Waals surface area contributed by atoms with E-state index in [-0.39, 0.29) is 11.8 Å². The zero-order valence-corrected chi connectivity index (χ0v) is 15.1. The molecule has 2 heterocycles. The van der Waals surface area contributed by atoms with Crippen molar-refractivity contribution >= 4 is 35.0 Å². The number of methoxy groups -OCH3 is 1. The predicted molar refractivity (Wildman–Crippen MR) is 100.0 cm³/mol. The summed E-state index contributed by atoms with van der Waals surface area (Å²) in [5.41, 5.74) is 1.69. The lowest BCUT2D eigenvalue weighted by Gasteiger charge is -2.10. The van der Waals surface area contributed by atoms with E-state index in [1.54, 1.807) is 43.1 Å². The average molecular weight is 373 g/mol.